The average Bonchev–Trinajstić information content (AvgIpc) is 2.39. The summed E-state index contributed by atoms with van der Waals surface area (Å²) in [5.74, 6) is -0.493. The van der Waals surface area contributed by atoms with Crippen LogP contribution in [0.15, 0.2) is 42.5 Å². The van der Waals surface area contributed by atoms with Crippen LogP contribution in [-0.2, 0) is 11.3 Å². The first-order chi connectivity index (χ1) is 8.74. The van der Waals surface area contributed by atoms with Crippen LogP contribution in [0, 0.1) is 17.1 Å². The molecule has 0 fully saturated rings. The van der Waals surface area contributed by atoms with Gasteiger partial charge >= 0.3 is 0 Å². The van der Waals surface area contributed by atoms with Crippen LogP contribution >= 0.6 is 0 Å². The van der Waals surface area contributed by atoms with E-state index in [0.717, 1.165) is 16.7 Å². The molecule has 0 saturated carbocycles. The summed E-state index contributed by atoms with van der Waals surface area (Å²) < 4.78 is 18.6. The minimum atomic E-state index is -0.493. The summed E-state index contributed by atoms with van der Waals surface area (Å²) >= 11 is 0. The fourth-order valence-corrected chi connectivity index (χ4v) is 1.79. The Morgan fingerprint density at radius 1 is 1.17 bits per heavy atom. The SMILES string of the molecule is COCc1cccc(-c2ccc(C#N)c(F)c2)c1. The van der Waals surface area contributed by atoms with Crippen molar-refractivity contribution in [2.45, 2.75) is 6.61 Å². The number of halogens is 1. The van der Waals surface area contributed by atoms with Gasteiger partial charge in [-0.05, 0) is 34.9 Å². The smallest absolute Gasteiger partial charge is 0.141 e. The number of nitrogens with zero attached hydrogens (tertiary/aromatic N) is 1. The summed E-state index contributed by atoms with van der Waals surface area (Å²) in [6.07, 6.45) is 0. The molecule has 2 rings (SSSR count). The summed E-state index contributed by atoms with van der Waals surface area (Å²) in [6.45, 7) is 0.520. The lowest BCUT2D eigenvalue weighted by atomic mass is 10.0. The van der Waals surface area contributed by atoms with E-state index in [1.54, 1.807) is 13.2 Å². The van der Waals surface area contributed by atoms with Crippen molar-refractivity contribution in [3.63, 3.8) is 0 Å². The topological polar surface area (TPSA) is 33.0 Å². The molecule has 0 spiro atoms. The summed E-state index contributed by atoms with van der Waals surface area (Å²) in [7, 11) is 1.63. The second-order valence-electron chi connectivity index (χ2n) is 3.94. The number of rotatable bonds is 3. The quantitative estimate of drug-likeness (QED) is 0.823. The highest BCUT2D eigenvalue weighted by Gasteiger charge is 2.05. The van der Waals surface area contributed by atoms with Crippen molar-refractivity contribution in [1.29, 1.82) is 5.26 Å². The largest absolute Gasteiger partial charge is 0.380 e. The maximum atomic E-state index is 13.5. The number of hydrogen-bond acceptors (Lipinski definition) is 2. The molecule has 90 valence electrons. The first-order valence-corrected chi connectivity index (χ1v) is 5.52. The van der Waals surface area contributed by atoms with Gasteiger partial charge in [-0.1, -0.05) is 24.3 Å². The summed E-state index contributed by atoms with van der Waals surface area (Å²) in [5.41, 5.74) is 2.75. The number of nitriles is 1. The molecule has 0 atom stereocenters. The first-order valence-electron chi connectivity index (χ1n) is 5.52. The zero-order chi connectivity index (χ0) is 13.0. The summed E-state index contributed by atoms with van der Waals surface area (Å²) in [6, 6.07) is 14.1. The Labute approximate surface area is 105 Å². The summed E-state index contributed by atoms with van der Waals surface area (Å²) in [4.78, 5) is 0. The number of hydrogen-bond donors (Lipinski definition) is 0. The molecule has 18 heavy (non-hydrogen) atoms. The maximum absolute atomic E-state index is 13.5. The average molecular weight is 241 g/mol. The molecule has 0 aliphatic carbocycles. The van der Waals surface area contributed by atoms with E-state index in [1.807, 2.05) is 30.3 Å². The maximum Gasteiger partial charge on any atom is 0.141 e. The van der Waals surface area contributed by atoms with Gasteiger partial charge in [0.15, 0.2) is 0 Å². The van der Waals surface area contributed by atoms with Gasteiger partial charge < -0.3 is 4.74 Å². The van der Waals surface area contributed by atoms with Crippen molar-refractivity contribution in [1.82, 2.24) is 0 Å². The molecule has 0 heterocycles. The second kappa shape index (κ2) is 5.44. The van der Waals surface area contributed by atoms with Crippen LogP contribution in [0.1, 0.15) is 11.1 Å². The standard InChI is InChI=1S/C15H12FNO/c1-18-10-11-3-2-4-12(7-11)13-5-6-14(9-17)15(16)8-13/h2-8H,10H2,1H3. The predicted molar refractivity (Wildman–Crippen MR) is 67.3 cm³/mol. The molecule has 0 N–H and O–H groups in total. The van der Waals surface area contributed by atoms with Crippen LogP contribution in [0.5, 0.6) is 0 Å². The Balaban J connectivity index is 2.40. The van der Waals surface area contributed by atoms with Crippen LogP contribution in [-0.4, -0.2) is 7.11 Å². The monoisotopic (exact) mass is 241 g/mol. The minimum absolute atomic E-state index is 0.0618. The Bertz CT molecular complexity index is 602. The lowest BCUT2D eigenvalue weighted by Gasteiger charge is -2.05. The molecule has 0 aliphatic rings. The van der Waals surface area contributed by atoms with Crippen molar-refractivity contribution in [2.75, 3.05) is 7.11 Å². The van der Waals surface area contributed by atoms with E-state index in [2.05, 4.69) is 0 Å². The third-order valence-electron chi connectivity index (χ3n) is 2.66. The predicted octanol–water partition coefficient (Wildman–Crippen LogP) is 3.51. The number of benzene rings is 2. The van der Waals surface area contributed by atoms with Crippen LogP contribution in [0.2, 0.25) is 0 Å². The van der Waals surface area contributed by atoms with Gasteiger partial charge in [0.2, 0.25) is 0 Å². The molecule has 2 nitrogen and oxygen atoms in total. The van der Waals surface area contributed by atoms with Gasteiger partial charge in [-0.15, -0.1) is 0 Å². The molecule has 0 aliphatic heterocycles. The minimum Gasteiger partial charge on any atom is -0.380 e. The van der Waals surface area contributed by atoms with Gasteiger partial charge in [-0.3, -0.25) is 0 Å². The van der Waals surface area contributed by atoms with Gasteiger partial charge in [0, 0.05) is 7.11 Å². The van der Waals surface area contributed by atoms with Crippen molar-refractivity contribution < 1.29 is 9.13 Å². The third kappa shape index (κ3) is 2.55. The van der Waals surface area contributed by atoms with E-state index in [0.29, 0.717) is 6.61 Å². The van der Waals surface area contributed by atoms with E-state index in [4.69, 9.17) is 10.00 Å². The molecule has 2 aromatic rings. The van der Waals surface area contributed by atoms with E-state index in [9.17, 15) is 4.39 Å². The third-order valence-corrected chi connectivity index (χ3v) is 2.66. The Hall–Kier alpha value is -2.18. The van der Waals surface area contributed by atoms with Crippen molar-refractivity contribution in [3.05, 3.63) is 59.4 Å². The van der Waals surface area contributed by atoms with Crippen molar-refractivity contribution in [3.8, 4) is 17.2 Å². The van der Waals surface area contributed by atoms with Crippen LogP contribution in [0.3, 0.4) is 0 Å². The molecular weight excluding hydrogens is 229 g/mol. The number of methoxy groups -OCH3 is 1. The Kier molecular flexibility index (Phi) is 3.71. The second-order valence-corrected chi connectivity index (χ2v) is 3.94. The molecule has 0 radical (unpaired) electrons. The molecule has 3 heteroatoms. The zero-order valence-electron chi connectivity index (χ0n) is 9.98. The lowest BCUT2D eigenvalue weighted by Crippen LogP contribution is -1.89. The van der Waals surface area contributed by atoms with Gasteiger partial charge in [0.1, 0.15) is 11.9 Å². The van der Waals surface area contributed by atoms with E-state index < -0.39 is 5.82 Å². The molecule has 0 bridgehead atoms. The van der Waals surface area contributed by atoms with E-state index >= 15 is 0 Å². The van der Waals surface area contributed by atoms with Crippen molar-refractivity contribution >= 4 is 0 Å². The molecular formula is C15H12FNO. The Morgan fingerprint density at radius 2 is 1.94 bits per heavy atom. The van der Waals surface area contributed by atoms with Crippen LogP contribution in [0.25, 0.3) is 11.1 Å². The number of ether oxygens (including phenoxy) is 1. The van der Waals surface area contributed by atoms with Crippen LogP contribution < -0.4 is 0 Å². The van der Waals surface area contributed by atoms with Gasteiger partial charge in [0.05, 0.1) is 12.2 Å². The first kappa shape index (κ1) is 12.3. The molecule has 0 aromatic heterocycles. The fraction of sp³-hybridized carbons (Fsp3) is 0.133. The Morgan fingerprint density at radius 3 is 2.61 bits per heavy atom. The normalized spacial score (nSPS) is 10.1. The van der Waals surface area contributed by atoms with Crippen molar-refractivity contribution in [2.24, 2.45) is 0 Å². The molecule has 0 unspecified atom stereocenters. The highest BCUT2D eigenvalue weighted by Crippen LogP contribution is 2.23. The highest BCUT2D eigenvalue weighted by atomic mass is 19.1. The molecule has 2 aromatic carbocycles. The highest BCUT2D eigenvalue weighted by molar-refractivity contribution is 5.65. The fourth-order valence-electron chi connectivity index (χ4n) is 1.79. The molecule has 0 amide bonds. The van der Waals surface area contributed by atoms with E-state index in [-0.39, 0.29) is 5.56 Å². The lowest BCUT2D eigenvalue weighted by molar-refractivity contribution is 0.185. The molecule has 0 saturated heterocycles. The van der Waals surface area contributed by atoms with Gasteiger partial charge in [-0.2, -0.15) is 5.26 Å². The van der Waals surface area contributed by atoms with Crippen LogP contribution in [0.4, 0.5) is 4.39 Å². The summed E-state index contributed by atoms with van der Waals surface area (Å²) in [5, 5.41) is 8.69. The van der Waals surface area contributed by atoms with Gasteiger partial charge in [-0.25, -0.2) is 4.39 Å². The zero-order valence-corrected chi connectivity index (χ0v) is 9.98. The van der Waals surface area contributed by atoms with E-state index in [1.165, 1.54) is 12.1 Å². The van der Waals surface area contributed by atoms with Gasteiger partial charge in [0.25, 0.3) is 0 Å².